The Labute approximate surface area is 170 Å². The summed E-state index contributed by atoms with van der Waals surface area (Å²) < 4.78 is 1.98. The Balaban J connectivity index is 1.44. The number of pyridine rings is 1. The normalized spacial score (nSPS) is 20.8. The van der Waals surface area contributed by atoms with Gasteiger partial charge in [0.15, 0.2) is 5.82 Å². The minimum atomic E-state index is 0.0317. The molecular weight excluding hydrogens is 362 g/mol. The van der Waals surface area contributed by atoms with Crippen molar-refractivity contribution in [3.8, 4) is 11.5 Å². The van der Waals surface area contributed by atoms with Crippen molar-refractivity contribution in [2.45, 2.75) is 52.1 Å². The molecule has 3 aromatic rings. The standard InChI is InChI=1S/C23H25N5O/c1-14(2)28-13-24-26-22(28)20-5-4-6-21(25-20)27-12-17-8-7-16(11-19(17)23(27)29)18-9-15(3)10-18/h4-8,11,13-15,18H,9-10,12H2,1-3H3. The lowest BCUT2D eigenvalue weighted by atomic mass is 9.72. The van der Waals surface area contributed by atoms with Crippen molar-refractivity contribution in [1.82, 2.24) is 19.7 Å². The highest BCUT2D eigenvalue weighted by atomic mass is 16.2. The lowest BCUT2D eigenvalue weighted by Crippen LogP contribution is -2.24. The fraction of sp³-hybridized carbons (Fsp3) is 0.391. The van der Waals surface area contributed by atoms with Crippen LogP contribution in [0.2, 0.25) is 0 Å². The third kappa shape index (κ3) is 3.03. The fourth-order valence-electron chi connectivity index (χ4n) is 4.43. The summed E-state index contributed by atoms with van der Waals surface area (Å²) in [6.45, 7) is 7.01. The van der Waals surface area contributed by atoms with Gasteiger partial charge in [0.2, 0.25) is 0 Å². The second-order valence-corrected chi connectivity index (χ2v) is 8.62. The van der Waals surface area contributed by atoms with Gasteiger partial charge in [-0.25, -0.2) is 4.98 Å². The van der Waals surface area contributed by atoms with Gasteiger partial charge in [0, 0.05) is 11.6 Å². The molecular formula is C23H25N5O. The fourth-order valence-corrected chi connectivity index (χ4v) is 4.43. The molecule has 29 heavy (non-hydrogen) atoms. The number of nitrogens with zero attached hydrogens (tertiary/aromatic N) is 5. The van der Waals surface area contributed by atoms with Gasteiger partial charge in [0.1, 0.15) is 17.8 Å². The van der Waals surface area contributed by atoms with Gasteiger partial charge < -0.3 is 4.57 Å². The maximum absolute atomic E-state index is 13.2. The van der Waals surface area contributed by atoms with Gasteiger partial charge in [0.25, 0.3) is 5.91 Å². The zero-order chi connectivity index (χ0) is 20.1. The summed E-state index contributed by atoms with van der Waals surface area (Å²) in [5, 5.41) is 8.27. The molecule has 0 spiro atoms. The number of rotatable bonds is 4. The summed E-state index contributed by atoms with van der Waals surface area (Å²) in [6.07, 6.45) is 4.15. The Morgan fingerprint density at radius 3 is 2.72 bits per heavy atom. The van der Waals surface area contributed by atoms with E-state index in [1.807, 2.05) is 22.8 Å². The van der Waals surface area contributed by atoms with Crippen LogP contribution in [0.5, 0.6) is 0 Å². The Kier molecular flexibility index (Phi) is 4.23. The first-order valence-corrected chi connectivity index (χ1v) is 10.3. The molecule has 3 heterocycles. The molecule has 1 aromatic carbocycles. The van der Waals surface area contributed by atoms with Gasteiger partial charge in [-0.1, -0.05) is 25.1 Å². The van der Waals surface area contributed by atoms with Crippen LogP contribution in [-0.4, -0.2) is 25.7 Å². The van der Waals surface area contributed by atoms with Crippen molar-refractivity contribution in [2.75, 3.05) is 4.90 Å². The number of hydrogen-bond donors (Lipinski definition) is 0. The second-order valence-electron chi connectivity index (χ2n) is 8.62. The molecule has 6 heteroatoms. The zero-order valence-corrected chi connectivity index (χ0v) is 17.0. The highest BCUT2D eigenvalue weighted by Gasteiger charge is 2.32. The van der Waals surface area contributed by atoms with Crippen LogP contribution in [0.15, 0.2) is 42.7 Å². The van der Waals surface area contributed by atoms with Gasteiger partial charge >= 0.3 is 0 Å². The molecule has 2 aliphatic rings. The van der Waals surface area contributed by atoms with Crippen molar-refractivity contribution < 1.29 is 4.79 Å². The molecule has 0 N–H and O–H groups in total. The summed E-state index contributed by atoms with van der Waals surface area (Å²) in [6, 6.07) is 12.4. The molecule has 1 aliphatic carbocycles. The van der Waals surface area contributed by atoms with E-state index in [2.05, 4.69) is 49.2 Å². The molecule has 2 aromatic heterocycles. The van der Waals surface area contributed by atoms with E-state index in [4.69, 9.17) is 4.98 Å². The average Bonchev–Trinajstić information content (AvgIpc) is 3.31. The number of fused-ring (bicyclic) bond motifs is 1. The van der Waals surface area contributed by atoms with Crippen LogP contribution in [0.1, 0.15) is 67.1 Å². The predicted octanol–water partition coefficient (Wildman–Crippen LogP) is 4.59. The summed E-state index contributed by atoms with van der Waals surface area (Å²) in [5.41, 5.74) is 3.91. The Morgan fingerprint density at radius 1 is 1.14 bits per heavy atom. The van der Waals surface area contributed by atoms with Crippen molar-refractivity contribution in [3.05, 3.63) is 59.4 Å². The van der Waals surface area contributed by atoms with Crippen molar-refractivity contribution in [1.29, 1.82) is 0 Å². The number of aromatic nitrogens is 4. The third-order valence-corrected chi connectivity index (χ3v) is 6.15. The molecule has 0 bridgehead atoms. The van der Waals surface area contributed by atoms with Gasteiger partial charge in [-0.05, 0) is 67.9 Å². The quantitative estimate of drug-likeness (QED) is 0.656. The van der Waals surface area contributed by atoms with Gasteiger partial charge in [-0.15, -0.1) is 10.2 Å². The molecule has 1 fully saturated rings. The number of carbonyl (C=O) groups is 1. The number of hydrogen-bond acceptors (Lipinski definition) is 4. The predicted molar refractivity (Wildman–Crippen MR) is 112 cm³/mol. The maximum atomic E-state index is 13.2. The Hall–Kier alpha value is -3.02. The molecule has 5 rings (SSSR count). The minimum absolute atomic E-state index is 0.0317. The summed E-state index contributed by atoms with van der Waals surface area (Å²) in [5.74, 6) is 2.79. The maximum Gasteiger partial charge on any atom is 0.260 e. The molecule has 0 atom stereocenters. The number of carbonyl (C=O) groups excluding carboxylic acids is 1. The summed E-state index contributed by atoms with van der Waals surface area (Å²) in [7, 11) is 0. The molecule has 0 unspecified atom stereocenters. The molecule has 1 aliphatic heterocycles. The van der Waals surface area contributed by atoms with E-state index in [0.717, 1.165) is 22.7 Å². The Bertz CT molecular complexity index is 1080. The van der Waals surface area contributed by atoms with Gasteiger partial charge in [0.05, 0.1) is 6.54 Å². The lowest BCUT2D eigenvalue weighted by molar-refractivity contribution is 0.0996. The van der Waals surface area contributed by atoms with Crippen molar-refractivity contribution >= 4 is 11.7 Å². The number of amides is 1. The van der Waals surface area contributed by atoms with E-state index in [0.29, 0.717) is 24.1 Å². The third-order valence-electron chi connectivity index (χ3n) is 6.15. The largest absolute Gasteiger partial charge is 0.310 e. The highest BCUT2D eigenvalue weighted by molar-refractivity contribution is 6.09. The topological polar surface area (TPSA) is 63.9 Å². The lowest BCUT2D eigenvalue weighted by Gasteiger charge is -2.33. The highest BCUT2D eigenvalue weighted by Crippen LogP contribution is 2.42. The second kappa shape index (κ2) is 6.79. The molecule has 1 amide bonds. The van der Waals surface area contributed by atoms with E-state index < -0.39 is 0 Å². The van der Waals surface area contributed by atoms with Crippen LogP contribution < -0.4 is 4.90 Å². The van der Waals surface area contributed by atoms with Crippen LogP contribution >= 0.6 is 0 Å². The Morgan fingerprint density at radius 2 is 1.97 bits per heavy atom. The van der Waals surface area contributed by atoms with Gasteiger partial charge in [-0.3, -0.25) is 9.69 Å². The van der Waals surface area contributed by atoms with Crippen LogP contribution in [0.3, 0.4) is 0 Å². The molecule has 0 saturated heterocycles. The summed E-state index contributed by atoms with van der Waals surface area (Å²) >= 11 is 0. The molecule has 0 radical (unpaired) electrons. The van der Waals surface area contributed by atoms with Crippen molar-refractivity contribution in [3.63, 3.8) is 0 Å². The van der Waals surface area contributed by atoms with E-state index in [-0.39, 0.29) is 11.9 Å². The number of anilines is 1. The van der Waals surface area contributed by atoms with Gasteiger partial charge in [-0.2, -0.15) is 0 Å². The van der Waals surface area contributed by atoms with Crippen LogP contribution in [0, 0.1) is 5.92 Å². The first-order valence-electron chi connectivity index (χ1n) is 10.3. The number of benzene rings is 1. The zero-order valence-electron chi connectivity index (χ0n) is 17.0. The van der Waals surface area contributed by atoms with E-state index in [1.54, 1.807) is 11.2 Å². The first kappa shape index (κ1) is 18.0. The van der Waals surface area contributed by atoms with E-state index in [1.165, 1.54) is 18.4 Å². The van der Waals surface area contributed by atoms with Crippen LogP contribution in [0.4, 0.5) is 5.82 Å². The smallest absolute Gasteiger partial charge is 0.260 e. The monoisotopic (exact) mass is 387 g/mol. The SMILES string of the molecule is CC1CC(c2ccc3c(c2)C(=O)N(c2cccc(-c4nncn4C(C)C)n2)C3)C1. The molecule has 148 valence electrons. The van der Waals surface area contributed by atoms with Crippen LogP contribution in [0.25, 0.3) is 11.5 Å². The summed E-state index contributed by atoms with van der Waals surface area (Å²) in [4.78, 5) is 19.7. The van der Waals surface area contributed by atoms with E-state index in [9.17, 15) is 4.79 Å². The van der Waals surface area contributed by atoms with Crippen LogP contribution in [-0.2, 0) is 6.54 Å². The molecule has 1 saturated carbocycles. The van der Waals surface area contributed by atoms with Crippen molar-refractivity contribution in [2.24, 2.45) is 5.92 Å². The molecule has 6 nitrogen and oxygen atoms in total. The first-order chi connectivity index (χ1) is 14.0. The minimum Gasteiger partial charge on any atom is -0.310 e. The average molecular weight is 387 g/mol. The van der Waals surface area contributed by atoms with E-state index >= 15 is 0 Å².